The van der Waals surface area contributed by atoms with E-state index in [1.54, 1.807) is 0 Å². The first-order chi connectivity index (χ1) is 10.0. The number of carbonyl (C=O) groups is 1. The Morgan fingerprint density at radius 1 is 1.29 bits per heavy atom. The summed E-state index contributed by atoms with van der Waals surface area (Å²) in [4.78, 5) is 18.1. The number of rotatable bonds is 5. The molecule has 0 spiro atoms. The first-order valence-corrected chi connectivity index (χ1v) is 7.99. The van der Waals surface area contributed by atoms with Gasteiger partial charge in [0.1, 0.15) is 0 Å². The average molecular weight is 303 g/mol. The van der Waals surface area contributed by atoms with Crippen LogP contribution in [0.25, 0.3) is 0 Å². The summed E-state index contributed by atoms with van der Waals surface area (Å²) in [6.45, 7) is 8.90. The van der Waals surface area contributed by atoms with E-state index in [2.05, 4.69) is 22.5 Å². The molecule has 0 saturated heterocycles. The lowest BCUT2D eigenvalue weighted by molar-refractivity contribution is 0.102. The van der Waals surface area contributed by atoms with Crippen molar-refractivity contribution in [3.8, 4) is 0 Å². The van der Waals surface area contributed by atoms with Gasteiger partial charge in [0.05, 0.1) is 11.3 Å². The molecule has 1 aromatic heterocycles. The number of benzene rings is 1. The van der Waals surface area contributed by atoms with Gasteiger partial charge in [-0.05, 0) is 44.9 Å². The van der Waals surface area contributed by atoms with Gasteiger partial charge in [0.15, 0.2) is 5.13 Å². The van der Waals surface area contributed by atoms with Crippen molar-refractivity contribution >= 4 is 28.1 Å². The quantitative estimate of drug-likeness (QED) is 0.877. The lowest BCUT2D eigenvalue weighted by Crippen LogP contribution is -2.15. The number of carbonyl (C=O) groups excluding carboxylic acids is 1. The standard InChI is InChI=1S/C16H21N3OS/c1-5-13-11(4)21-16(18-13)19-15(20)12-8-7-10(3)9-14(12)17-6-2/h7-9,17H,5-6H2,1-4H3,(H,18,19,20). The minimum atomic E-state index is -0.123. The van der Waals surface area contributed by atoms with Crippen LogP contribution >= 0.6 is 11.3 Å². The third kappa shape index (κ3) is 3.61. The van der Waals surface area contributed by atoms with Gasteiger partial charge in [0.2, 0.25) is 0 Å². The smallest absolute Gasteiger partial charge is 0.259 e. The molecule has 5 heteroatoms. The van der Waals surface area contributed by atoms with Crippen molar-refractivity contribution in [3.63, 3.8) is 0 Å². The van der Waals surface area contributed by atoms with E-state index in [9.17, 15) is 4.79 Å². The van der Waals surface area contributed by atoms with Crippen molar-refractivity contribution in [2.45, 2.75) is 34.1 Å². The molecule has 0 saturated carbocycles. The zero-order chi connectivity index (χ0) is 15.4. The summed E-state index contributed by atoms with van der Waals surface area (Å²) in [5.74, 6) is -0.123. The van der Waals surface area contributed by atoms with Gasteiger partial charge in [-0.15, -0.1) is 11.3 Å². The van der Waals surface area contributed by atoms with Crippen LogP contribution in [-0.4, -0.2) is 17.4 Å². The van der Waals surface area contributed by atoms with Gasteiger partial charge in [-0.2, -0.15) is 0 Å². The number of anilines is 2. The normalized spacial score (nSPS) is 10.5. The molecule has 2 N–H and O–H groups in total. The molecule has 0 unspecified atom stereocenters. The Balaban J connectivity index is 2.23. The SMILES string of the molecule is CCNc1cc(C)ccc1C(=O)Nc1nc(CC)c(C)s1. The highest BCUT2D eigenvalue weighted by Crippen LogP contribution is 2.24. The van der Waals surface area contributed by atoms with E-state index < -0.39 is 0 Å². The Morgan fingerprint density at radius 3 is 2.67 bits per heavy atom. The fraction of sp³-hybridized carbons (Fsp3) is 0.375. The minimum absolute atomic E-state index is 0.123. The lowest BCUT2D eigenvalue weighted by atomic mass is 10.1. The Hall–Kier alpha value is -1.88. The Kier molecular flexibility index (Phi) is 4.96. The topological polar surface area (TPSA) is 54.0 Å². The van der Waals surface area contributed by atoms with E-state index in [0.29, 0.717) is 10.7 Å². The van der Waals surface area contributed by atoms with Crippen molar-refractivity contribution in [3.05, 3.63) is 39.9 Å². The summed E-state index contributed by atoms with van der Waals surface area (Å²) in [5, 5.41) is 6.80. The van der Waals surface area contributed by atoms with Crippen LogP contribution in [-0.2, 0) is 6.42 Å². The highest BCUT2D eigenvalue weighted by atomic mass is 32.1. The molecule has 112 valence electrons. The Labute approximate surface area is 129 Å². The van der Waals surface area contributed by atoms with Crippen LogP contribution in [0.15, 0.2) is 18.2 Å². The van der Waals surface area contributed by atoms with Crippen molar-refractivity contribution in [2.24, 2.45) is 0 Å². The summed E-state index contributed by atoms with van der Waals surface area (Å²) >= 11 is 1.52. The van der Waals surface area contributed by atoms with Crippen LogP contribution in [0, 0.1) is 13.8 Å². The number of amides is 1. The number of hydrogen-bond donors (Lipinski definition) is 2. The largest absolute Gasteiger partial charge is 0.385 e. The van der Waals surface area contributed by atoms with Gasteiger partial charge in [0.25, 0.3) is 5.91 Å². The van der Waals surface area contributed by atoms with Gasteiger partial charge >= 0.3 is 0 Å². The highest BCUT2D eigenvalue weighted by Gasteiger charge is 2.14. The Bertz CT molecular complexity index is 649. The molecular formula is C16H21N3OS. The Morgan fingerprint density at radius 2 is 2.05 bits per heavy atom. The maximum Gasteiger partial charge on any atom is 0.259 e. The molecule has 1 amide bonds. The minimum Gasteiger partial charge on any atom is -0.385 e. The second-order valence-corrected chi connectivity index (χ2v) is 6.11. The van der Waals surface area contributed by atoms with Crippen molar-refractivity contribution in [1.29, 1.82) is 0 Å². The third-order valence-corrected chi connectivity index (χ3v) is 4.16. The molecule has 0 atom stereocenters. The first-order valence-electron chi connectivity index (χ1n) is 7.17. The second kappa shape index (κ2) is 6.72. The van der Waals surface area contributed by atoms with E-state index in [0.717, 1.165) is 34.8 Å². The first kappa shape index (κ1) is 15.5. The van der Waals surface area contributed by atoms with E-state index in [1.165, 1.54) is 11.3 Å². The molecule has 2 rings (SSSR count). The average Bonchev–Trinajstić information content (AvgIpc) is 2.79. The highest BCUT2D eigenvalue weighted by molar-refractivity contribution is 7.15. The molecule has 0 bridgehead atoms. The summed E-state index contributed by atoms with van der Waals surface area (Å²) in [6, 6.07) is 5.78. The molecule has 2 aromatic rings. The fourth-order valence-electron chi connectivity index (χ4n) is 2.17. The second-order valence-electron chi connectivity index (χ2n) is 4.91. The monoisotopic (exact) mass is 303 g/mol. The zero-order valence-electron chi connectivity index (χ0n) is 12.9. The number of hydrogen-bond acceptors (Lipinski definition) is 4. The maximum absolute atomic E-state index is 12.4. The summed E-state index contributed by atoms with van der Waals surface area (Å²) in [7, 11) is 0. The summed E-state index contributed by atoms with van der Waals surface area (Å²) in [5.41, 5.74) is 3.68. The van der Waals surface area contributed by atoms with Gasteiger partial charge in [0, 0.05) is 17.1 Å². The van der Waals surface area contributed by atoms with E-state index in [1.807, 2.05) is 39.0 Å². The maximum atomic E-state index is 12.4. The molecule has 0 fully saturated rings. The van der Waals surface area contributed by atoms with Crippen LogP contribution in [0.4, 0.5) is 10.8 Å². The summed E-state index contributed by atoms with van der Waals surface area (Å²) < 4.78 is 0. The predicted octanol–water partition coefficient (Wildman–Crippen LogP) is 4.01. The number of aryl methyl sites for hydroxylation is 3. The van der Waals surface area contributed by atoms with E-state index in [4.69, 9.17) is 0 Å². The third-order valence-electron chi connectivity index (χ3n) is 3.23. The van der Waals surface area contributed by atoms with Crippen molar-refractivity contribution in [1.82, 2.24) is 4.98 Å². The molecule has 4 nitrogen and oxygen atoms in total. The van der Waals surface area contributed by atoms with Crippen LogP contribution in [0.1, 0.15) is 40.3 Å². The molecule has 0 aliphatic carbocycles. The molecule has 1 aromatic carbocycles. The van der Waals surface area contributed by atoms with E-state index >= 15 is 0 Å². The van der Waals surface area contributed by atoms with E-state index in [-0.39, 0.29) is 5.91 Å². The molecule has 1 heterocycles. The van der Waals surface area contributed by atoms with Crippen LogP contribution in [0.2, 0.25) is 0 Å². The number of thiazole rings is 1. The molecule has 21 heavy (non-hydrogen) atoms. The lowest BCUT2D eigenvalue weighted by Gasteiger charge is -2.11. The van der Waals surface area contributed by atoms with Gasteiger partial charge in [-0.3, -0.25) is 10.1 Å². The number of nitrogens with one attached hydrogen (secondary N) is 2. The van der Waals surface area contributed by atoms with Gasteiger partial charge < -0.3 is 5.32 Å². The molecule has 0 radical (unpaired) electrons. The zero-order valence-corrected chi connectivity index (χ0v) is 13.7. The van der Waals surface area contributed by atoms with Crippen molar-refractivity contribution < 1.29 is 4.79 Å². The van der Waals surface area contributed by atoms with Crippen LogP contribution in [0.3, 0.4) is 0 Å². The van der Waals surface area contributed by atoms with Crippen LogP contribution in [0.5, 0.6) is 0 Å². The van der Waals surface area contributed by atoms with Crippen molar-refractivity contribution in [2.75, 3.05) is 17.2 Å². The number of aromatic nitrogens is 1. The molecule has 0 aliphatic rings. The molecule has 0 aliphatic heterocycles. The predicted molar refractivity (Wildman–Crippen MR) is 89.5 cm³/mol. The number of nitrogens with zero attached hydrogens (tertiary/aromatic N) is 1. The van der Waals surface area contributed by atoms with Crippen LogP contribution < -0.4 is 10.6 Å². The summed E-state index contributed by atoms with van der Waals surface area (Å²) in [6.07, 6.45) is 0.880. The van der Waals surface area contributed by atoms with Gasteiger partial charge in [-0.1, -0.05) is 13.0 Å². The molecular weight excluding hydrogens is 282 g/mol. The van der Waals surface area contributed by atoms with Gasteiger partial charge in [-0.25, -0.2) is 4.98 Å². The fourth-order valence-corrected chi connectivity index (χ4v) is 3.06.